The van der Waals surface area contributed by atoms with Crippen molar-refractivity contribution in [1.29, 1.82) is 0 Å². The molecule has 0 saturated carbocycles. The molecule has 2 rings (SSSR count). The van der Waals surface area contributed by atoms with Crippen molar-refractivity contribution in [2.45, 2.75) is 32.5 Å². The quantitative estimate of drug-likeness (QED) is 0.793. The van der Waals surface area contributed by atoms with Crippen molar-refractivity contribution in [3.8, 4) is 5.75 Å². The van der Waals surface area contributed by atoms with Crippen LogP contribution < -0.4 is 10.1 Å². The molecule has 1 fully saturated rings. The average molecular weight is 221 g/mol. The molecule has 1 saturated heterocycles. The number of hydrogen-bond donors (Lipinski definition) is 2. The molecule has 1 aromatic carbocycles. The highest BCUT2D eigenvalue weighted by Gasteiger charge is 2.24. The number of ether oxygens (including phenoxy) is 1. The first-order valence-corrected chi connectivity index (χ1v) is 5.80. The van der Waals surface area contributed by atoms with Gasteiger partial charge in [0.1, 0.15) is 11.9 Å². The Labute approximate surface area is 96.4 Å². The maximum Gasteiger partial charge on any atom is 0.137 e. The second-order valence-corrected chi connectivity index (χ2v) is 4.41. The van der Waals surface area contributed by atoms with Gasteiger partial charge < -0.3 is 15.2 Å². The van der Waals surface area contributed by atoms with Crippen molar-refractivity contribution in [2.24, 2.45) is 0 Å². The van der Waals surface area contributed by atoms with E-state index in [1.54, 1.807) is 0 Å². The van der Waals surface area contributed by atoms with Gasteiger partial charge in [-0.3, -0.25) is 0 Å². The number of aryl methyl sites for hydroxylation is 1. The highest BCUT2D eigenvalue weighted by atomic mass is 16.5. The summed E-state index contributed by atoms with van der Waals surface area (Å²) in [5, 5.41) is 13.1. The monoisotopic (exact) mass is 221 g/mol. The number of benzene rings is 1. The zero-order valence-corrected chi connectivity index (χ0v) is 9.86. The van der Waals surface area contributed by atoms with Gasteiger partial charge in [-0.15, -0.1) is 0 Å². The van der Waals surface area contributed by atoms with Crippen LogP contribution >= 0.6 is 0 Å². The lowest BCUT2D eigenvalue weighted by Gasteiger charge is -2.29. The topological polar surface area (TPSA) is 41.5 Å². The normalized spacial score (nSPS) is 25.4. The molecule has 0 aliphatic carbocycles. The molecule has 1 aliphatic heterocycles. The van der Waals surface area contributed by atoms with Crippen molar-refractivity contribution in [3.63, 3.8) is 0 Å². The van der Waals surface area contributed by atoms with Crippen LogP contribution in [0.4, 0.5) is 0 Å². The maximum absolute atomic E-state index is 9.83. The number of rotatable bonds is 2. The van der Waals surface area contributed by atoms with E-state index in [4.69, 9.17) is 4.74 Å². The molecular weight excluding hydrogens is 202 g/mol. The molecule has 88 valence electrons. The molecule has 0 amide bonds. The minimum atomic E-state index is -0.360. The molecule has 0 radical (unpaired) electrons. The van der Waals surface area contributed by atoms with Crippen LogP contribution in [0.1, 0.15) is 17.5 Å². The van der Waals surface area contributed by atoms with E-state index in [1.807, 2.05) is 19.1 Å². The van der Waals surface area contributed by atoms with Gasteiger partial charge in [-0.25, -0.2) is 0 Å². The molecular formula is C13H19NO2. The highest BCUT2D eigenvalue weighted by Crippen LogP contribution is 2.23. The number of piperidine rings is 1. The van der Waals surface area contributed by atoms with E-state index >= 15 is 0 Å². The van der Waals surface area contributed by atoms with Gasteiger partial charge in [0.15, 0.2) is 0 Å². The van der Waals surface area contributed by atoms with Crippen LogP contribution in [0.3, 0.4) is 0 Å². The highest BCUT2D eigenvalue weighted by molar-refractivity contribution is 5.38. The van der Waals surface area contributed by atoms with Crippen molar-refractivity contribution < 1.29 is 9.84 Å². The lowest BCUT2D eigenvalue weighted by atomic mass is 10.1. The lowest BCUT2D eigenvalue weighted by Crippen LogP contribution is -2.47. The zero-order valence-electron chi connectivity index (χ0n) is 9.86. The van der Waals surface area contributed by atoms with Gasteiger partial charge in [0.05, 0.1) is 6.10 Å². The predicted molar refractivity (Wildman–Crippen MR) is 63.8 cm³/mol. The van der Waals surface area contributed by atoms with E-state index in [2.05, 4.69) is 18.3 Å². The van der Waals surface area contributed by atoms with Crippen LogP contribution in [0.2, 0.25) is 0 Å². The second-order valence-electron chi connectivity index (χ2n) is 4.41. The van der Waals surface area contributed by atoms with Gasteiger partial charge in [-0.2, -0.15) is 0 Å². The third-order valence-electron chi connectivity index (χ3n) is 3.22. The lowest BCUT2D eigenvalue weighted by molar-refractivity contribution is 0.0154. The standard InChI is InChI=1S/C13H19NO2/c1-9-4-3-5-12(10(9)2)16-13-8-14-7-6-11(13)15/h3-5,11,13-15H,6-8H2,1-2H3/t11-,13-/m0/s1. The molecule has 0 aromatic heterocycles. The molecule has 3 nitrogen and oxygen atoms in total. The smallest absolute Gasteiger partial charge is 0.137 e. The molecule has 1 aliphatic rings. The SMILES string of the molecule is Cc1cccc(O[C@H]2CNCC[C@@H]2O)c1C. The largest absolute Gasteiger partial charge is 0.486 e. The fourth-order valence-electron chi connectivity index (χ4n) is 1.95. The van der Waals surface area contributed by atoms with E-state index < -0.39 is 0 Å². The third kappa shape index (κ3) is 2.36. The maximum atomic E-state index is 9.83. The van der Waals surface area contributed by atoms with Gasteiger partial charge in [0.25, 0.3) is 0 Å². The van der Waals surface area contributed by atoms with Gasteiger partial charge >= 0.3 is 0 Å². The average Bonchev–Trinajstić information content (AvgIpc) is 2.28. The Morgan fingerprint density at radius 3 is 2.94 bits per heavy atom. The Morgan fingerprint density at radius 1 is 1.38 bits per heavy atom. The summed E-state index contributed by atoms with van der Waals surface area (Å²) in [5.74, 6) is 0.882. The van der Waals surface area contributed by atoms with E-state index in [0.717, 1.165) is 24.3 Å². The minimum absolute atomic E-state index is 0.130. The third-order valence-corrected chi connectivity index (χ3v) is 3.22. The van der Waals surface area contributed by atoms with Crippen LogP contribution in [-0.4, -0.2) is 30.4 Å². The van der Waals surface area contributed by atoms with Gasteiger partial charge in [-0.05, 0) is 44.0 Å². The molecule has 16 heavy (non-hydrogen) atoms. The van der Waals surface area contributed by atoms with Crippen molar-refractivity contribution in [2.75, 3.05) is 13.1 Å². The van der Waals surface area contributed by atoms with Crippen molar-refractivity contribution >= 4 is 0 Å². The molecule has 2 N–H and O–H groups in total. The summed E-state index contributed by atoms with van der Waals surface area (Å²) >= 11 is 0. The van der Waals surface area contributed by atoms with Crippen LogP contribution in [0.5, 0.6) is 5.75 Å². The molecule has 0 unspecified atom stereocenters. The Morgan fingerprint density at radius 2 is 2.19 bits per heavy atom. The van der Waals surface area contributed by atoms with Crippen molar-refractivity contribution in [1.82, 2.24) is 5.32 Å². The summed E-state index contributed by atoms with van der Waals surface area (Å²) < 4.78 is 5.87. The first kappa shape index (κ1) is 11.4. The van der Waals surface area contributed by atoms with Gasteiger partial charge in [-0.1, -0.05) is 12.1 Å². The minimum Gasteiger partial charge on any atom is -0.486 e. The number of nitrogens with one attached hydrogen (secondary N) is 1. The summed E-state index contributed by atoms with van der Waals surface area (Å²) in [6.45, 7) is 5.70. The Hall–Kier alpha value is -1.06. The fraction of sp³-hybridized carbons (Fsp3) is 0.538. The molecule has 0 bridgehead atoms. The Bertz CT molecular complexity index is 365. The summed E-state index contributed by atoms with van der Waals surface area (Å²) in [6.07, 6.45) is 0.269. The van der Waals surface area contributed by atoms with Crippen LogP contribution in [-0.2, 0) is 0 Å². The van der Waals surface area contributed by atoms with Crippen LogP contribution in [0.25, 0.3) is 0 Å². The predicted octanol–water partition coefficient (Wildman–Crippen LogP) is 1.41. The van der Waals surface area contributed by atoms with Crippen molar-refractivity contribution in [3.05, 3.63) is 29.3 Å². The van der Waals surface area contributed by atoms with E-state index in [0.29, 0.717) is 6.54 Å². The summed E-state index contributed by atoms with van der Waals surface area (Å²) in [7, 11) is 0. The number of aliphatic hydroxyl groups excluding tert-OH is 1. The second kappa shape index (κ2) is 4.85. The summed E-state index contributed by atoms with van der Waals surface area (Å²) in [5.41, 5.74) is 2.37. The first-order chi connectivity index (χ1) is 7.68. The fourth-order valence-corrected chi connectivity index (χ4v) is 1.95. The molecule has 1 heterocycles. The molecule has 0 spiro atoms. The first-order valence-electron chi connectivity index (χ1n) is 5.80. The van der Waals surface area contributed by atoms with E-state index in [1.165, 1.54) is 5.56 Å². The van der Waals surface area contributed by atoms with Crippen LogP contribution in [0.15, 0.2) is 18.2 Å². The summed E-state index contributed by atoms with van der Waals surface area (Å²) in [6, 6.07) is 6.02. The van der Waals surface area contributed by atoms with Crippen LogP contribution in [0, 0.1) is 13.8 Å². The Kier molecular flexibility index (Phi) is 3.46. The number of hydrogen-bond acceptors (Lipinski definition) is 3. The number of aliphatic hydroxyl groups is 1. The van der Waals surface area contributed by atoms with Gasteiger partial charge in [0, 0.05) is 6.54 Å². The molecule has 2 atom stereocenters. The zero-order chi connectivity index (χ0) is 11.5. The van der Waals surface area contributed by atoms with E-state index in [9.17, 15) is 5.11 Å². The molecule has 3 heteroatoms. The summed E-state index contributed by atoms with van der Waals surface area (Å²) in [4.78, 5) is 0. The Balaban J connectivity index is 2.10. The van der Waals surface area contributed by atoms with E-state index in [-0.39, 0.29) is 12.2 Å². The van der Waals surface area contributed by atoms with Gasteiger partial charge in [0.2, 0.25) is 0 Å². The molecule has 1 aromatic rings.